The van der Waals surface area contributed by atoms with Crippen molar-refractivity contribution < 1.29 is 27.6 Å². The fourth-order valence-corrected chi connectivity index (χ4v) is 6.61. The van der Waals surface area contributed by atoms with Crippen molar-refractivity contribution in [2.75, 3.05) is 41.3 Å². The van der Waals surface area contributed by atoms with E-state index in [1.54, 1.807) is 36.8 Å². The average molecular weight is 619 g/mol. The molecule has 8 rings (SSSR count). The van der Waals surface area contributed by atoms with Gasteiger partial charge in [0.1, 0.15) is 5.60 Å². The smallest absolute Gasteiger partial charge is 0.318 e. The lowest BCUT2D eigenvalue weighted by Crippen LogP contribution is -2.70. The van der Waals surface area contributed by atoms with E-state index in [2.05, 4.69) is 40.6 Å². The number of rotatable bonds is 7. The SMILES string of the molecule is Cc1nnc(N2CC(c3nc(-c4cnc(C)c(NC(=O)c5cnn6ccc(N7CC8(C7)CC(O)(C(F)F)C8)cc56)c4)no3)C2)o1. The number of carbonyl (C=O) groups excluding carboxylic acids is 1. The van der Waals surface area contributed by atoms with E-state index in [0.29, 0.717) is 77.8 Å². The van der Waals surface area contributed by atoms with Crippen LogP contribution in [0.15, 0.2) is 45.7 Å². The van der Waals surface area contributed by atoms with Crippen LogP contribution in [0.2, 0.25) is 0 Å². The highest BCUT2D eigenvalue weighted by Gasteiger charge is 2.63. The van der Waals surface area contributed by atoms with Crippen molar-refractivity contribution in [2.24, 2.45) is 5.41 Å². The highest BCUT2D eigenvalue weighted by atomic mass is 19.3. The van der Waals surface area contributed by atoms with E-state index in [4.69, 9.17) is 8.94 Å². The summed E-state index contributed by atoms with van der Waals surface area (Å²) in [5.41, 5.74) is 1.31. The van der Waals surface area contributed by atoms with Gasteiger partial charge in [0.25, 0.3) is 12.3 Å². The number of hydrogen-bond acceptors (Lipinski definition) is 12. The summed E-state index contributed by atoms with van der Waals surface area (Å²) in [6.45, 7) is 5.88. The van der Waals surface area contributed by atoms with Gasteiger partial charge in [-0.3, -0.25) is 9.78 Å². The van der Waals surface area contributed by atoms with Crippen molar-refractivity contribution in [1.29, 1.82) is 0 Å². The minimum atomic E-state index is -2.74. The maximum Gasteiger partial charge on any atom is 0.318 e. The number of fused-ring (bicyclic) bond motifs is 1. The Morgan fingerprint density at radius 1 is 1.13 bits per heavy atom. The molecule has 3 fully saturated rings. The standard InChI is InChI=1S/C29H28F2N10O4/c1-15-21(5-17(7-32-15)23-35-25(45-38-23)18-9-39(10-18)27-37-36-16(2)44-27)34-24(42)20-8-33-41-4-3-19(6-22(20)41)40-13-28(14-40)11-29(43,12-28)26(30)31/h3-8,18,26,43H,9-14H2,1-2H3,(H,34,42). The highest BCUT2D eigenvalue weighted by molar-refractivity contribution is 6.09. The third-order valence-electron chi connectivity index (χ3n) is 8.99. The molecule has 3 aliphatic rings. The first kappa shape index (κ1) is 27.6. The number of anilines is 3. The van der Waals surface area contributed by atoms with Crippen molar-refractivity contribution in [3.8, 4) is 11.4 Å². The molecule has 2 aliphatic heterocycles. The van der Waals surface area contributed by atoms with Gasteiger partial charge in [-0.2, -0.15) is 10.1 Å². The summed E-state index contributed by atoms with van der Waals surface area (Å²) in [7, 11) is 0. The molecule has 2 N–H and O–H groups in total. The molecule has 45 heavy (non-hydrogen) atoms. The summed E-state index contributed by atoms with van der Waals surface area (Å²) in [6, 6.07) is 5.94. The summed E-state index contributed by atoms with van der Waals surface area (Å²) in [5.74, 6) is 0.990. The second kappa shape index (κ2) is 9.76. The molecule has 232 valence electrons. The number of halogens is 2. The number of alkyl halides is 2. The van der Waals surface area contributed by atoms with Crippen LogP contribution < -0.4 is 15.1 Å². The molecule has 14 nitrogen and oxygen atoms in total. The van der Waals surface area contributed by atoms with Crippen molar-refractivity contribution in [2.45, 2.75) is 44.6 Å². The van der Waals surface area contributed by atoms with Crippen LogP contribution in [0.25, 0.3) is 16.9 Å². The summed E-state index contributed by atoms with van der Waals surface area (Å²) < 4.78 is 38.8. The number of aliphatic hydroxyl groups is 1. The molecule has 0 unspecified atom stereocenters. The first-order valence-corrected chi connectivity index (χ1v) is 14.5. The van der Waals surface area contributed by atoms with Crippen LogP contribution in [0.3, 0.4) is 0 Å². The Morgan fingerprint density at radius 2 is 1.93 bits per heavy atom. The van der Waals surface area contributed by atoms with Gasteiger partial charge in [-0.15, -0.1) is 5.10 Å². The predicted molar refractivity (Wildman–Crippen MR) is 154 cm³/mol. The summed E-state index contributed by atoms with van der Waals surface area (Å²) in [6.07, 6.45) is 2.33. The van der Waals surface area contributed by atoms with Crippen LogP contribution in [-0.4, -0.2) is 84.2 Å². The largest absolute Gasteiger partial charge is 0.408 e. The number of hydrogen-bond donors (Lipinski definition) is 2. The Hall–Kier alpha value is -4.99. The first-order valence-electron chi connectivity index (χ1n) is 14.5. The Labute approximate surface area is 254 Å². The van der Waals surface area contributed by atoms with E-state index in [1.165, 1.54) is 6.20 Å². The summed E-state index contributed by atoms with van der Waals surface area (Å²) in [4.78, 5) is 26.4. The van der Waals surface area contributed by atoms with Gasteiger partial charge in [0.15, 0.2) is 0 Å². The van der Waals surface area contributed by atoms with Crippen molar-refractivity contribution in [3.63, 3.8) is 0 Å². The van der Waals surface area contributed by atoms with Gasteiger partial charge in [0.05, 0.1) is 34.6 Å². The summed E-state index contributed by atoms with van der Waals surface area (Å²) in [5, 5.41) is 29.3. The maximum absolute atomic E-state index is 13.5. The molecule has 16 heteroatoms. The molecular formula is C29H28F2N10O4. The van der Waals surface area contributed by atoms with Crippen LogP contribution >= 0.6 is 0 Å². The number of pyridine rings is 2. The molecule has 5 aromatic heterocycles. The molecule has 0 bridgehead atoms. The van der Waals surface area contributed by atoms with Gasteiger partial charge in [-0.05, 0) is 38.0 Å². The number of aromatic nitrogens is 7. The highest BCUT2D eigenvalue weighted by Crippen LogP contribution is 2.56. The normalized spacial score (nSPS) is 18.7. The topological polar surface area (TPSA) is 164 Å². The second-order valence-electron chi connectivity index (χ2n) is 12.4. The Balaban J connectivity index is 0.952. The molecule has 7 heterocycles. The molecule has 0 atom stereocenters. The number of nitrogens with one attached hydrogen (secondary N) is 1. The number of amides is 1. The monoisotopic (exact) mass is 618 g/mol. The molecule has 0 radical (unpaired) electrons. The van der Waals surface area contributed by atoms with Crippen molar-refractivity contribution >= 4 is 28.8 Å². The fourth-order valence-electron chi connectivity index (χ4n) is 6.61. The maximum atomic E-state index is 13.5. The predicted octanol–water partition coefficient (Wildman–Crippen LogP) is 3.23. The van der Waals surface area contributed by atoms with Gasteiger partial charge in [0.2, 0.25) is 17.6 Å². The molecule has 1 aliphatic carbocycles. The van der Waals surface area contributed by atoms with Crippen LogP contribution in [-0.2, 0) is 0 Å². The molecule has 1 saturated carbocycles. The quantitative estimate of drug-likeness (QED) is 0.274. The Kier molecular flexibility index (Phi) is 5.97. The molecule has 1 spiro atoms. The average Bonchev–Trinajstić information content (AvgIpc) is 3.70. The molecule has 2 saturated heterocycles. The number of aryl methyl sites for hydroxylation is 2. The Bertz CT molecular complexity index is 1930. The third-order valence-corrected chi connectivity index (χ3v) is 8.99. The molecule has 1 amide bonds. The molecule has 5 aromatic rings. The lowest BCUT2D eigenvalue weighted by Gasteiger charge is -2.62. The van der Waals surface area contributed by atoms with E-state index in [-0.39, 0.29) is 30.1 Å². The first-order chi connectivity index (χ1) is 21.6. The zero-order chi connectivity index (χ0) is 31.1. The van der Waals surface area contributed by atoms with Crippen LogP contribution in [0.5, 0.6) is 0 Å². The fraction of sp³-hybridized carbons (Fsp3) is 0.414. The molecular weight excluding hydrogens is 590 g/mol. The Morgan fingerprint density at radius 3 is 2.67 bits per heavy atom. The minimum absolute atomic E-state index is 0.0212. The van der Waals surface area contributed by atoms with E-state index < -0.39 is 12.0 Å². The third kappa shape index (κ3) is 4.58. The van der Waals surface area contributed by atoms with Crippen LogP contribution in [0.1, 0.15) is 46.6 Å². The molecule has 0 aromatic carbocycles. The zero-order valence-corrected chi connectivity index (χ0v) is 24.3. The van der Waals surface area contributed by atoms with Crippen molar-refractivity contribution in [1.82, 2.24) is 34.9 Å². The lowest BCUT2D eigenvalue weighted by atomic mass is 9.55. The number of nitrogens with zero attached hydrogens (tertiary/aromatic N) is 9. The van der Waals surface area contributed by atoms with Gasteiger partial charge < -0.3 is 29.2 Å². The van der Waals surface area contributed by atoms with Crippen molar-refractivity contribution in [3.05, 3.63) is 59.8 Å². The number of carbonyl (C=O) groups is 1. The van der Waals surface area contributed by atoms with E-state index in [9.17, 15) is 18.7 Å². The van der Waals surface area contributed by atoms with E-state index in [1.807, 2.05) is 17.0 Å². The van der Waals surface area contributed by atoms with Gasteiger partial charge in [0, 0.05) is 62.2 Å². The van der Waals surface area contributed by atoms with Gasteiger partial charge in [-0.25, -0.2) is 13.3 Å². The summed E-state index contributed by atoms with van der Waals surface area (Å²) >= 11 is 0. The van der Waals surface area contributed by atoms with Crippen LogP contribution in [0, 0.1) is 19.3 Å². The van der Waals surface area contributed by atoms with E-state index >= 15 is 0 Å². The zero-order valence-electron chi connectivity index (χ0n) is 24.3. The minimum Gasteiger partial charge on any atom is -0.408 e. The van der Waals surface area contributed by atoms with Gasteiger partial charge >= 0.3 is 6.01 Å². The van der Waals surface area contributed by atoms with E-state index in [0.717, 1.165) is 5.69 Å². The van der Waals surface area contributed by atoms with Gasteiger partial charge in [-0.1, -0.05) is 10.3 Å². The lowest BCUT2D eigenvalue weighted by molar-refractivity contribution is -0.209. The van der Waals surface area contributed by atoms with Crippen LogP contribution in [0.4, 0.5) is 26.2 Å². The second-order valence-corrected chi connectivity index (χ2v) is 12.4.